The van der Waals surface area contributed by atoms with E-state index >= 15 is 0 Å². The van der Waals surface area contributed by atoms with Crippen LogP contribution in [0.3, 0.4) is 0 Å². The number of halogens is 2. The maximum Gasteiger partial charge on any atom is 0.0681 e. The van der Waals surface area contributed by atoms with Crippen molar-refractivity contribution in [2.45, 2.75) is 6.42 Å². The Labute approximate surface area is 102 Å². The summed E-state index contributed by atoms with van der Waals surface area (Å²) in [5, 5.41) is 1.92. The van der Waals surface area contributed by atoms with Gasteiger partial charge in [-0.15, -0.1) is 0 Å². The second kappa shape index (κ2) is 4.16. The normalized spacial score (nSPS) is 11.2. The minimum atomic E-state index is 0.639. The number of nitrogens with two attached hydrogens (primary N) is 1. The summed E-state index contributed by atoms with van der Waals surface area (Å²) >= 11 is 9.78. The Bertz CT molecular complexity index is 505. The number of rotatable bonds is 2. The molecule has 2 nitrogen and oxygen atoms in total. The van der Waals surface area contributed by atoms with Crippen molar-refractivity contribution in [3.05, 3.63) is 33.4 Å². The number of fused-ring (bicyclic) bond motifs is 1. The van der Waals surface area contributed by atoms with E-state index in [0.29, 0.717) is 6.54 Å². The van der Waals surface area contributed by atoms with Gasteiger partial charge in [0.05, 0.1) is 10.5 Å². The molecular weight excluding hydrogens is 275 g/mol. The first-order valence-corrected chi connectivity index (χ1v) is 5.95. The Morgan fingerprint density at radius 2 is 2.20 bits per heavy atom. The molecule has 2 rings (SSSR count). The molecule has 0 unspecified atom stereocenters. The molecule has 2 aromatic rings. The summed E-state index contributed by atoms with van der Waals surface area (Å²) in [6, 6.07) is 5.93. The van der Waals surface area contributed by atoms with E-state index in [1.54, 1.807) is 0 Å². The zero-order valence-corrected chi connectivity index (χ0v) is 10.8. The van der Waals surface area contributed by atoms with E-state index in [1.165, 1.54) is 5.69 Å². The lowest BCUT2D eigenvalue weighted by atomic mass is 10.2. The fourth-order valence-corrected chi connectivity index (χ4v) is 2.97. The highest BCUT2D eigenvalue weighted by molar-refractivity contribution is 9.10. The molecule has 4 heteroatoms. The molecule has 15 heavy (non-hydrogen) atoms. The van der Waals surface area contributed by atoms with Gasteiger partial charge in [-0.05, 0) is 28.5 Å². The number of aryl methyl sites for hydroxylation is 1. The van der Waals surface area contributed by atoms with Crippen molar-refractivity contribution in [1.82, 2.24) is 4.57 Å². The van der Waals surface area contributed by atoms with Crippen molar-refractivity contribution in [2.24, 2.45) is 12.8 Å². The van der Waals surface area contributed by atoms with E-state index in [0.717, 1.165) is 26.8 Å². The third-order valence-electron chi connectivity index (χ3n) is 2.60. The molecule has 0 spiro atoms. The fourth-order valence-electron chi connectivity index (χ4n) is 1.89. The van der Waals surface area contributed by atoms with Crippen LogP contribution < -0.4 is 5.73 Å². The average molecular weight is 288 g/mol. The summed E-state index contributed by atoms with van der Waals surface area (Å²) in [6.45, 7) is 0.639. The van der Waals surface area contributed by atoms with Crippen LogP contribution in [0.1, 0.15) is 5.69 Å². The maximum absolute atomic E-state index is 6.17. The fraction of sp³-hybridized carbons (Fsp3) is 0.273. The highest BCUT2D eigenvalue weighted by Gasteiger charge is 2.13. The molecule has 0 atom stereocenters. The molecule has 1 aromatic heterocycles. The van der Waals surface area contributed by atoms with Crippen LogP contribution in [0.4, 0.5) is 0 Å². The third kappa shape index (κ3) is 1.69. The third-order valence-corrected chi connectivity index (χ3v) is 3.79. The molecule has 0 fully saturated rings. The van der Waals surface area contributed by atoms with Crippen molar-refractivity contribution < 1.29 is 0 Å². The van der Waals surface area contributed by atoms with Gasteiger partial charge in [-0.2, -0.15) is 0 Å². The zero-order valence-electron chi connectivity index (χ0n) is 8.43. The molecule has 80 valence electrons. The predicted molar refractivity (Wildman–Crippen MR) is 68.4 cm³/mol. The standard InChI is InChI=1S/C11H12BrClN2/c1-15-9(5-6-14)10(12)7-3-2-4-8(13)11(7)15/h2-4H,5-6,14H2,1H3. The number of para-hydroxylation sites is 1. The van der Waals surface area contributed by atoms with E-state index in [4.69, 9.17) is 17.3 Å². The van der Waals surface area contributed by atoms with Crippen LogP contribution in [0.25, 0.3) is 10.9 Å². The second-order valence-electron chi connectivity index (χ2n) is 3.49. The molecule has 0 saturated heterocycles. The van der Waals surface area contributed by atoms with Crippen molar-refractivity contribution in [3.8, 4) is 0 Å². The van der Waals surface area contributed by atoms with Gasteiger partial charge in [0.1, 0.15) is 0 Å². The number of nitrogens with zero attached hydrogens (tertiary/aromatic N) is 1. The monoisotopic (exact) mass is 286 g/mol. The average Bonchev–Trinajstić information content (AvgIpc) is 2.45. The van der Waals surface area contributed by atoms with E-state index in [-0.39, 0.29) is 0 Å². The highest BCUT2D eigenvalue weighted by Crippen LogP contribution is 2.34. The van der Waals surface area contributed by atoms with Crippen LogP contribution in [-0.4, -0.2) is 11.1 Å². The van der Waals surface area contributed by atoms with Gasteiger partial charge in [-0.25, -0.2) is 0 Å². The van der Waals surface area contributed by atoms with Gasteiger partial charge in [0, 0.05) is 29.0 Å². The molecule has 0 radical (unpaired) electrons. The number of aromatic nitrogens is 1. The van der Waals surface area contributed by atoms with Crippen LogP contribution in [0.5, 0.6) is 0 Å². The van der Waals surface area contributed by atoms with Crippen LogP contribution in [0, 0.1) is 0 Å². The van der Waals surface area contributed by atoms with Crippen LogP contribution in [0.15, 0.2) is 22.7 Å². The molecule has 0 bridgehead atoms. The predicted octanol–water partition coefficient (Wildman–Crippen LogP) is 3.10. The van der Waals surface area contributed by atoms with Crippen molar-refractivity contribution in [2.75, 3.05) is 6.54 Å². The van der Waals surface area contributed by atoms with Gasteiger partial charge < -0.3 is 10.3 Å². The largest absolute Gasteiger partial charge is 0.345 e. The van der Waals surface area contributed by atoms with Gasteiger partial charge in [0.25, 0.3) is 0 Å². The van der Waals surface area contributed by atoms with Gasteiger partial charge in [0.15, 0.2) is 0 Å². The number of hydrogen-bond acceptors (Lipinski definition) is 1. The summed E-state index contributed by atoms with van der Waals surface area (Å²) in [4.78, 5) is 0. The smallest absolute Gasteiger partial charge is 0.0681 e. The Hall–Kier alpha value is -0.510. The minimum absolute atomic E-state index is 0.639. The maximum atomic E-state index is 6.17. The summed E-state index contributed by atoms with van der Waals surface area (Å²) in [5.41, 5.74) is 7.85. The molecule has 0 aliphatic rings. The minimum Gasteiger partial charge on any atom is -0.345 e. The number of hydrogen-bond donors (Lipinski definition) is 1. The molecule has 0 aliphatic carbocycles. The summed E-state index contributed by atoms with van der Waals surface area (Å²) in [6.07, 6.45) is 0.849. The van der Waals surface area contributed by atoms with Gasteiger partial charge in [-0.1, -0.05) is 23.7 Å². The van der Waals surface area contributed by atoms with E-state index in [9.17, 15) is 0 Å². The summed E-state index contributed by atoms with van der Waals surface area (Å²) < 4.78 is 3.21. The highest BCUT2D eigenvalue weighted by atomic mass is 79.9. The summed E-state index contributed by atoms with van der Waals surface area (Å²) in [5.74, 6) is 0. The Balaban J connectivity index is 2.79. The van der Waals surface area contributed by atoms with Crippen LogP contribution in [0.2, 0.25) is 5.02 Å². The molecule has 2 N–H and O–H groups in total. The van der Waals surface area contributed by atoms with Gasteiger partial charge in [0.2, 0.25) is 0 Å². The van der Waals surface area contributed by atoms with E-state index in [2.05, 4.69) is 26.6 Å². The molecule has 0 amide bonds. The second-order valence-corrected chi connectivity index (χ2v) is 4.69. The van der Waals surface area contributed by atoms with Crippen LogP contribution >= 0.6 is 27.5 Å². The molecular formula is C11H12BrClN2. The van der Waals surface area contributed by atoms with Crippen molar-refractivity contribution >= 4 is 38.4 Å². The Morgan fingerprint density at radius 1 is 1.47 bits per heavy atom. The van der Waals surface area contributed by atoms with Gasteiger partial charge in [-0.3, -0.25) is 0 Å². The first kappa shape index (κ1) is 11.0. The quantitative estimate of drug-likeness (QED) is 0.904. The Morgan fingerprint density at radius 3 is 2.80 bits per heavy atom. The number of benzene rings is 1. The summed E-state index contributed by atoms with van der Waals surface area (Å²) in [7, 11) is 2.02. The topological polar surface area (TPSA) is 30.9 Å². The van der Waals surface area contributed by atoms with Crippen molar-refractivity contribution in [3.63, 3.8) is 0 Å². The molecule has 0 saturated carbocycles. The SMILES string of the molecule is Cn1c(CCN)c(Br)c2cccc(Cl)c21. The first-order chi connectivity index (χ1) is 7.16. The molecule has 1 heterocycles. The van der Waals surface area contributed by atoms with E-state index < -0.39 is 0 Å². The van der Waals surface area contributed by atoms with Crippen molar-refractivity contribution in [1.29, 1.82) is 0 Å². The van der Waals surface area contributed by atoms with E-state index in [1.807, 2.05) is 19.2 Å². The Kier molecular flexibility index (Phi) is 3.05. The lowest BCUT2D eigenvalue weighted by Crippen LogP contribution is -2.07. The lowest BCUT2D eigenvalue weighted by molar-refractivity contribution is 0.823. The lowest BCUT2D eigenvalue weighted by Gasteiger charge is -2.03. The zero-order chi connectivity index (χ0) is 11.0. The molecule has 0 aliphatic heterocycles. The molecule has 1 aromatic carbocycles. The van der Waals surface area contributed by atoms with Crippen LogP contribution in [-0.2, 0) is 13.5 Å². The van der Waals surface area contributed by atoms with Gasteiger partial charge >= 0.3 is 0 Å². The first-order valence-electron chi connectivity index (χ1n) is 4.78.